The van der Waals surface area contributed by atoms with Crippen molar-refractivity contribution in [2.24, 2.45) is 17.6 Å². The topological polar surface area (TPSA) is 29.3 Å². The summed E-state index contributed by atoms with van der Waals surface area (Å²) >= 11 is 0. The summed E-state index contributed by atoms with van der Waals surface area (Å²) in [5.41, 5.74) is 5.79. The van der Waals surface area contributed by atoms with Crippen LogP contribution in [0.1, 0.15) is 32.6 Å². The van der Waals surface area contributed by atoms with E-state index in [-0.39, 0.29) is 0 Å². The van der Waals surface area contributed by atoms with Crippen molar-refractivity contribution >= 4 is 0 Å². The van der Waals surface area contributed by atoms with Gasteiger partial charge in [-0.2, -0.15) is 0 Å². The predicted molar refractivity (Wildman–Crippen MR) is 55.5 cm³/mol. The quantitative estimate of drug-likeness (QED) is 0.716. The highest BCUT2D eigenvalue weighted by Crippen LogP contribution is 2.34. The van der Waals surface area contributed by atoms with E-state index in [2.05, 4.69) is 11.8 Å². The molecule has 0 amide bonds. The molecule has 0 aromatic carbocycles. The van der Waals surface area contributed by atoms with Gasteiger partial charge in [-0.1, -0.05) is 0 Å². The monoisotopic (exact) mass is 182 g/mol. The van der Waals surface area contributed by atoms with E-state index in [9.17, 15) is 0 Å². The molecule has 0 saturated carbocycles. The molecule has 3 aliphatic heterocycles. The molecule has 3 heterocycles. The molecule has 2 nitrogen and oxygen atoms in total. The molecule has 13 heavy (non-hydrogen) atoms. The second kappa shape index (κ2) is 3.97. The summed E-state index contributed by atoms with van der Waals surface area (Å²) in [5, 5.41) is 0. The smallest absolute Gasteiger partial charge is 0.00123 e. The van der Waals surface area contributed by atoms with Gasteiger partial charge < -0.3 is 10.6 Å². The van der Waals surface area contributed by atoms with E-state index in [1.165, 1.54) is 45.3 Å². The van der Waals surface area contributed by atoms with Crippen LogP contribution in [-0.2, 0) is 0 Å². The van der Waals surface area contributed by atoms with Crippen molar-refractivity contribution in [1.29, 1.82) is 0 Å². The van der Waals surface area contributed by atoms with Gasteiger partial charge in [0.05, 0.1) is 0 Å². The molecule has 0 radical (unpaired) electrons. The number of fused-ring (bicyclic) bond motifs is 3. The lowest BCUT2D eigenvalue weighted by Crippen LogP contribution is -2.47. The maximum absolute atomic E-state index is 5.79. The first-order valence-electron chi connectivity index (χ1n) is 5.73. The lowest BCUT2D eigenvalue weighted by atomic mass is 9.76. The Hall–Kier alpha value is -0.0800. The van der Waals surface area contributed by atoms with Crippen LogP contribution in [0, 0.1) is 11.8 Å². The number of hydrogen-bond donors (Lipinski definition) is 1. The molecule has 0 aromatic rings. The van der Waals surface area contributed by atoms with Gasteiger partial charge in [0.2, 0.25) is 0 Å². The van der Waals surface area contributed by atoms with E-state index < -0.39 is 0 Å². The Morgan fingerprint density at radius 3 is 2.54 bits per heavy atom. The summed E-state index contributed by atoms with van der Waals surface area (Å²) in [7, 11) is 0. The van der Waals surface area contributed by atoms with E-state index in [0.717, 1.165) is 11.8 Å². The van der Waals surface area contributed by atoms with Crippen LogP contribution >= 0.6 is 0 Å². The van der Waals surface area contributed by atoms with E-state index in [1.54, 1.807) is 0 Å². The molecule has 76 valence electrons. The Bertz CT molecular complexity index is 159. The third kappa shape index (κ3) is 2.23. The molecule has 3 saturated heterocycles. The molecule has 3 fully saturated rings. The van der Waals surface area contributed by atoms with Crippen LogP contribution in [0.25, 0.3) is 0 Å². The van der Waals surface area contributed by atoms with Crippen LogP contribution in [0.5, 0.6) is 0 Å². The number of nitrogens with zero attached hydrogens (tertiary/aromatic N) is 1. The third-order valence-electron chi connectivity index (χ3n) is 3.78. The van der Waals surface area contributed by atoms with Gasteiger partial charge >= 0.3 is 0 Å². The van der Waals surface area contributed by atoms with Gasteiger partial charge in [0.15, 0.2) is 0 Å². The standard InChI is InChI=1S/C11H22N2/c1-9(12)2-3-11-8-13-6-4-10(11)5-7-13/h9-11H,2-8,12H2,1H3. The Balaban J connectivity index is 1.80. The summed E-state index contributed by atoms with van der Waals surface area (Å²) in [6.45, 7) is 6.21. The normalized spacial score (nSPS) is 40.6. The lowest BCUT2D eigenvalue weighted by Gasteiger charge is -2.45. The number of piperidine rings is 3. The first-order chi connectivity index (χ1) is 6.25. The maximum Gasteiger partial charge on any atom is 0.00123 e. The highest BCUT2D eigenvalue weighted by molar-refractivity contribution is 4.86. The van der Waals surface area contributed by atoms with Crippen molar-refractivity contribution in [3.05, 3.63) is 0 Å². The maximum atomic E-state index is 5.79. The van der Waals surface area contributed by atoms with Gasteiger partial charge in [-0.05, 0) is 57.5 Å². The van der Waals surface area contributed by atoms with Crippen molar-refractivity contribution in [2.45, 2.75) is 38.6 Å². The van der Waals surface area contributed by atoms with Gasteiger partial charge in [-0.15, -0.1) is 0 Å². The molecule has 3 aliphatic rings. The molecule has 2 atom stereocenters. The molecule has 3 rings (SSSR count). The van der Waals surface area contributed by atoms with Crippen molar-refractivity contribution < 1.29 is 0 Å². The van der Waals surface area contributed by atoms with Gasteiger partial charge in [0.25, 0.3) is 0 Å². The second-order valence-electron chi connectivity index (χ2n) is 4.95. The molecular formula is C11H22N2. The average molecular weight is 182 g/mol. The minimum atomic E-state index is 0.399. The predicted octanol–water partition coefficient (Wildman–Crippen LogP) is 1.46. The SMILES string of the molecule is CC(N)CCC1CN2CCC1CC2. The van der Waals surface area contributed by atoms with Crippen molar-refractivity contribution in [2.75, 3.05) is 19.6 Å². The number of hydrogen-bond acceptors (Lipinski definition) is 2. The Morgan fingerprint density at radius 2 is 2.08 bits per heavy atom. The summed E-state index contributed by atoms with van der Waals surface area (Å²) in [5.74, 6) is 2.00. The first-order valence-corrected chi connectivity index (χ1v) is 5.73. The molecule has 2 N–H and O–H groups in total. The number of nitrogens with two attached hydrogens (primary N) is 1. The Kier molecular flexibility index (Phi) is 2.89. The van der Waals surface area contributed by atoms with Crippen LogP contribution in [0.3, 0.4) is 0 Å². The minimum Gasteiger partial charge on any atom is -0.328 e. The van der Waals surface area contributed by atoms with Crippen LogP contribution in [0.2, 0.25) is 0 Å². The highest BCUT2D eigenvalue weighted by atomic mass is 15.1. The van der Waals surface area contributed by atoms with Gasteiger partial charge in [0.1, 0.15) is 0 Å². The van der Waals surface area contributed by atoms with Crippen LogP contribution in [-0.4, -0.2) is 30.6 Å². The fraction of sp³-hybridized carbons (Fsp3) is 1.00. The summed E-state index contributed by atoms with van der Waals surface area (Å²) in [6.07, 6.45) is 5.47. The fourth-order valence-corrected chi connectivity index (χ4v) is 2.89. The van der Waals surface area contributed by atoms with Crippen molar-refractivity contribution in [3.63, 3.8) is 0 Å². The van der Waals surface area contributed by atoms with Gasteiger partial charge in [-0.25, -0.2) is 0 Å². The number of rotatable bonds is 3. The molecule has 0 aromatic heterocycles. The summed E-state index contributed by atoms with van der Waals surface area (Å²) < 4.78 is 0. The Labute approximate surface area is 81.5 Å². The minimum absolute atomic E-state index is 0.399. The van der Waals surface area contributed by atoms with Crippen LogP contribution < -0.4 is 5.73 Å². The average Bonchev–Trinajstić information content (AvgIpc) is 2.17. The second-order valence-corrected chi connectivity index (χ2v) is 4.95. The zero-order valence-electron chi connectivity index (χ0n) is 8.71. The summed E-state index contributed by atoms with van der Waals surface area (Å²) in [4.78, 5) is 2.63. The van der Waals surface area contributed by atoms with E-state index in [0.29, 0.717) is 6.04 Å². The van der Waals surface area contributed by atoms with E-state index >= 15 is 0 Å². The van der Waals surface area contributed by atoms with E-state index in [4.69, 9.17) is 5.73 Å². The van der Waals surface area contributed by atoms with Crippen molar-refractivity contribution in [3.8, 4) is 0 Å². The van der Waals surface area contributed by atoms with Crippen LogP contribution in [0.4, 0.5) is 0 Å². The largest absolute Gasteiger partial charge is 0.328 e. The highest BCUT2D eigenvalue weighted by Gasteiger charge is 2.33. The van der Waals surface area contributed by atoms with E-state index in [1.807, 2.05) is 0 Å². The summed E-state index contributed by atoms with van der Waals surface area (Å²) in [6, 6.07) is 0.399. The Morgan fingerprint density at radius 1 is 1.38 bits per heavy atom. The molecule has 2 bridgehead atoms. The zero-order valence-corrected chi connectivity index (χ0v) is 8.71. The molecule has 2 unspecified atom stereocenters. The van der Waals surface area contributed by atoms with Crippen LogP contribution in [0.15, 0.2) is 0 Å². The zero-order chi connectivity index (χ0) is 9.26. The molecular weight excluding hydrogens is 160 g/mol. The fourth-order valence-electron chi connectivity index (χ4n) is 2.89. The molecule has 0 aliphatic carbocycles. The first kappa shape index (κ1) is 9.47. The lowest BCUT2D eigenvalue weighted by molar-refractivity contribution is 0.0451. The van der Waals surface area contributed by atoms with Gasteiger partial charge in [0, 0.05) is 12.6 Å². The van der Waals surface area contributed by atoms with Crippen molar-refractivity contribution in [1.82, 2.24) is 4.90 Å². The molecule has 0 spiro atoms. The molecule has 2 heteroatoms. The van der Waals surface area contributed by atoms with Gasteiger partial charge in [-0.3, -0.25) is 0 Å². The third-order valence-corrected chi connectivity index (χ3v) is 3.78.